The fourth-order valence-corrected chi connectivity index (χ4v) is 4.74. The van der Waals surface area contributed by atoms with Gasteiger partial charge in [-0.1, -0.05) is 48.0 Å². The zero-order chi connectivity index (χ0) is 23.7. The first-order valence-electron chi connectivity index (χ1n) is 11.7. The highest BCUT2D eigenvalue weighted by atomic mass is 16.5. The Bertz CT molecular complexity index is 1320. The van der Waals surface area contributed by atoms with E-state index in [2.05, 4.69) is 59.4 Å². The molecule has 2 heterocycles. The molecule has 3 aromatic carbocycles. The van der Waals surface area contributed by atoms with Crippen molar-refractivity contribution in [1.82, 2.24) is 9.47 Å². The van der Waals surface area contributed by atoms with Gasteiger partial charge in [0.05, 0.1) is 24.9 Å². The molecule has 34 heavy (non-hydrogen) atoms. The third-order valence-electron chi connectivity index (χ3n) is 6.36. The summed E-state index contributed by atoms with van der Waals surface area (Å²) >= 11 is 0. The molecule has 0 saturated heterocycles. The van der Waals surface area contributed by atoms with E-state index in [1.807, 2.05) is 61.2 Å². The Morgan fingerprint density at radius 2 is 1.79 bits per heavy atom. The molecule has 1 atom stereocenters. The number of aryl methyl sites for hydroxylation is 2. The average molecular weight is 452 g/mol. The Morgan fingerprint density at radius 1 is 1.00 bits per heavy atom. The number of urea groups is 1. The van der Waals surface area contributed by atoms with E-state index < -0.39 is 0 Å². The molecular weight excluding hydrogens is 422 g/mol. The van der Waals surface area contributed by atoms with Crippen molar-refractivity contribution in [3.8, 4) is 11.4 Å². The standard InChI is InChI=1S/C29H29N3O2/c1-4-34-24-14-12-22(13-15-24)28-27-10-7-17-31(27)26-9-6-5-8-23(26)19-32(28)29(33)30-25-16-11-20(2)18-21(25)3/h5-18,28H,4,19H2,1-3H3,(H,30,33)/t28-/m0/s1. The van der Waals surface area contributed by atoms with Crippen molar-refractivity contribution >= 4 is 11.7 Å². The summed E-state index contributed by atoms with van der Waals surface area (Å²) in [4.78, 5) is 15.8. The lowest BCUT2D eigenvalue weighted by molar-refractivity contribution is 0.194. The summed E-state index contributed by atoms with van der Waals surface area (Å²) in [5.74, 6) is 0.824. The predicted molar refractivity (Wildman–Crippen MR) is 136 cm³/mol. The van der Waals surface area contributed by atoms with Gasteiger partial charge in [-0.2, -0.15) is 0 Å². The average Bonchev–Trinajstić information content (AvgIpc) is 3.26. The van der Waals surface area contributed by atoms with Gasteiger partial charge in [-0.25, -0.2) is 4.79 Å². The summed E-state index contributed by atoms with van der Waals surface area (Å²) in [6.07, 6.45) is 2.07. The first-order chi connectivity index (χ1) is 16.5. The molecular formula is C29H29N3O2. The fraction of sp³-hybridized carbons (Fsp3) is 0.207. The highest BCUT2D eigenvalue weighted by Gasteiger charge is 2.33. The second kappa shape index (κ2) is 9.10. The van der Waals surface area contributed by atoms with Crippen LogP contribution in [0.3, 0.4) is 0 Å². The molecule has 2 amide bonds. The minimum atomic E-state index is -0.260. The number of aromatic nitrogens is 1. The van der Waals surface area contributed by atoms with Crippen molar-refractivity contribution in [2.45, 2.75) is 33.4 Å². The van der Waals surface area contributed by atoms with Crippen LogP contribution in [0, 0.1) is 13.8 Å². The molecule has 172 valence electrons. The van der Waals surface area contributed by atoms with E-state index in [1.54, 1.807) is 0 Å². The number of hydrogen-bond acceptors (Lipinski definition) is 2. The van der Waals surface area contributed by atoms with Crippen LogP contribution in [-0.2, 0) is 6.54 Å². The number of anilines is 1. The van der Waals surface area contributed by atoms with Crippen LogP contribution < -0.4 is 10.1 Å². The maximum absolute atomic E-state index is 13.8. The number of carbonyl (C=O) groups is 1. The summed E-state index contributed by atoms with van der Waals surface area (Å²) in [6, 6.07) is 26.2. The number of carbonyl (C=O) groups excluding carboxylic acids is 1. The molecule has 1 aromatic heterocycles. The van der Waals surface area contributed by atoms with E-state index >= 15 is 0 Å². The fourth-order valence-electron chi connectivity index (χ4n) is 4.74. The van der Waals surface area contributed by atoms with E-state index in [9.17, 15) is 4.79 Å². The number of ether oxygens (including phenoxy) is 1. The van der Waals surface area contributed by atoms with E-state index in [0.29, 0.717) is 13.2 Å². The quantitative estimate of drug-likeness (QED) is 0.378. The molecule has 1 aliphatic heterocycles. The van der Waals surface area contributed by atoms with E-state index in [0.717, 1.165) is 39.5 Å². The molecule has 4 aromatic rings. The summed E-state index contributed by atoms with van der Waals surface area (Å²) in [5.41, 5.74) is 7.32. The first kappa shape index (κ1) is 21.8. The maximum Gasteiger partial charge on any atom is 0.322 e. The number of nitrogens with one attached hydrogen (secondary N) is 1. The van der Waals surface area contributed by atoms with Gasteiger partial charge < -0.3 is 19.5 Å². The zero-order valence-corrected chi connectivity index (χ0v) is 19.8. The van der Waals surface area contributed by atoms with Crippen LogP contribution in [0.5, 0.6) is 5.75 Å². The van der Waals surface area contributed by atoms with Crippen LogP contribution in [0.1, 0.15) is 40.9 Å². The van der Waals surface area contributed by atoms with Crippen molar-refractivity contribution in [2.24, 2.45) is 0 Å². The number of hydrogen-bond donors (Lipinski definition) is 1. The lowest BCUT2D eigenvalue weighted by Crippen LogP contribution is -2.38. The largest absolute Gasteiger partial charge is 0.494 e. The number of fused-ring (bicyclic) bond motifs is 3. The molecule has 0 saturated carbocycles. The van der Waals surface area contributed by atoms with E-state index in [-0.39, 0.29) is 12.1 Å². The molecule has 1 N–H and O–H groups in total. The topological polar surface area (TPSA) is 46.5 Å². The van der Waals surface area contributed by atoms with Crippen molar-refractivity contribution in [3.63, 3.8) is 0 Å². The SMILES string of the molecule is CCOc1ccc([C@H]2c3cccn3-c3ccccc3CN2C(=O)Nc2ccc(C)cc2C)cc1. The Hall–Kier alpha value is -3.99. The molecule has 0 fully saturated rings. The molecule has 0 bridgehead atoms. The summed E-state index contributed by atoms with van der Waals surface area (Å²) in [5, 5.41) is 3.17. The van der Waals surface area contributed by atoms with Crippen LogP contribution in [0.15, 0.2) is 85.1 Å². The number of nitrogens with zero attached hydrogens (tertiary/aromatic N) is 2. The van der Waals surface area contributed by atoms with Crippen LogP contribution in [0.2, 0.25) is 0 Å². The highest BCUT2D eigenvalue weighted by Crippen LogP contribution is 2.37. The Kier molecular flexibility index (Phi) is 5.84. The van der Waals surface area contributed by atoms with Crippen molar-refractivity contribution < 1.29 is 9.53 Å². The maximum atomic E-state index is 13.8. The number of para-hydroxylation sites is 1. The van der Waals surface area contributed by atoms with Gasteiger partial charge in [0.2, 0.25) is 0 Å². The molecule has 5 nitrogen and oxygen atoms in total. The van der Waals surface area contributed by atoms with Gasteiger partial charge >= 0.3 is 6.03 Å². The van der Waals surface area contributed by atoms with Gasteiger partial charge in [0, 0.05) is 17.6 Å². The van der Waals surface area contributed by atoms with Crippen molar-refractivity contribution in [3.05, 3.63) is 113 Å². The number of amides is 2. The molecule has 0 aliphatic carbocycles. The number of benzene rings is 3. The molecule has 0 spiro atoms. The van der Waals surface area contributed by atoms with Crippen LogP contribution in [0.25, 0.3) is 5.69 Å². The molecule has 0 unspecified atom stereocenters. The predicted octanol–water partition coefficient (Wildman–Crippen LogP) is 6.63. The molecule has 5 heteroatoms. The van der Waals surface area contributed by atoms with Crippen LogP contribution >= 0.6 is 0 Å². The Balaban J connectivity index is 1.60. The third kappa shape index (κ3) is 4.05. The second-order valence-electron chi connectivity index (χ2n) is 8.71. The lowest BCUT2D eigenvalue weighted by Gasteiger charge is -2.31. The normalized spacial score (nSPS) is 14.7. The first-order valence-corrected chi connectivity index (χ1v) is 11.7. The summed E-state index contributed by atoms with van der Waals surface area (Å²) in [7, 11) is 0. The minimum absolute atomic E-state index is 0.129. The smallest absolute Gasteiger partial charge is 0.322 e. The van der Waals surface area contributed by atoms with Crippen LogP contribution in [-0.4, -0.2) is 22.1 Å². The number of rotatable bonds is 4. The molecule has 1 aliphatic rings. The van der Waals surface area contributed by atoms with Gasteiger partial charge in [0.25, 0.3) is 0 Å². The van der Waals surface area contributed by atoms with E-state index in [4.69, 9.17) is 4.74 Å². The zero-order valence-electron chi connectivity index (χ0n) is 19.8. The van der Waals surface area contributed by atoms with E-state index in [1.165, 1.54) is 5.56 Å². The Morgan fingerprint density at radius 3 is 2.56 bits per heavy atom. The van der Waals surface area contributed by atoms with Crippen molar-refractivity contribution in [2.75, 3.05) is 11.9 Å². The van der Waals surface area contributed by atoms with Gasteiger partial charge in [-0.15, -0.1) is 0 Å². The monoisotopic (exact) mass is 451 g/mol. The van der Waals surface area contributed by atoms with Gasteiger partial charge in [-0.3, -0.25) is 0 Å². The Labute approximate surface area is 200 Å². The van der Waals surface area contributed by atoms with Gasteiger partial charge in [0.15, 0.2) is 0 Å². The highest BCUT2D eigenvalue weighted by molar-refractivity contribution is 5.91. The second-order valence-corrected chi connectivity index (χ2v) is 8.71. The van der Waals surface area contributed by atoms with Gasteiger partial charge in [0.1, 0.15) is 5.75 Å². The minimum Gasteiger partial charge on any atom is -0.494 e. The summed E-state index contributed by atoms with van der Waals surface area (Å²) in [6.45, 7) is 7.16. The lowest BCUT2D eigenvalue weighted by atomic mass is 10.0. The summed E-state index contributed by atoms with van der Waals surface area (Å²) < 4.78 is 7.85. The third-order valence-corrected chi connectivity index (χ3v) is 6.36. The molecule has 0 radical (unpaired) electrons. The van der Waals surface area contributed by atoms with Crippen LogP contribution in [0.4, 0.5) is 10.5 Å². The van der Waals surface area contributed by atoms with Crippen molar-refractivity contribution in [1.29, 1.82) is 0 Å². The molecule has 5 rings (SSSR count). The van der Waals surface area contributed by atoms with Gasteiger partial charge in [-0.05, 0) is 73.9 Å².